The Morgan fingerprint density at radius 1 is 1.14 bits per heavy atom. The Morgan fingerprint density at radius 2 is 1.86 bits per heavy atom. The molecule has 0 atom stereocenters. The SMILES string of the molecule is COc1nnc(-c2cccc(OC3CCC(C)(C)CC3)n2)cc1NS(C)(=O)=O. The van der Waals surface area contributed by atoms with Crippen molar-refractivity contribution in [2.75, 3.05) is 18.1 Å². The molecular weight excluding hydrogens is 380 g/mol. The van der Waals surface area contributed by atoms with Crippen LogP contribution < -0.4 is 14.2 Å². The van der Waals surface area contributed by atoms with Gasteiger partial charge in [0.05, 0.1) is 19.1 Å². The van der Waals surface area contributed by atoms with E-state index in [1.54, 1.807) is 12.1 Å². The minimum atomic E-state index is -3.49. The highest BCUT2D eigenvalue weighted by atomic mass is 32.2. The van der Waals surface area contributed by atoms with E-state index < -0.39 is 10.0 Å². The quantitative estimate of drug-likeness (QED) is 0.785. The first-order valence-electron chi connectivity index (χ1n) is 9.19. The molecule has 0 aliphatic heterocycles. The maximum atomic E-state index is 11.6. The molecule has 0 amide bonds. The van der Waals surface area contributed by atoms with Crippen LogP contribution in [0.3, 0.4) is 0 Å². The molecule has 0 spiro atoms. The Morgan fingerprint density at radius 3 is 2.50 bits per heavy atom. The Labute approximate surface area is 165 Å². The Balaban J connectivity index is 1.81. The highest BCUT2D eigenvalue weighted by Crippen LogP contribution is 2.36. The fourth-order valence-corrected chi connectivity index (χ4v) is 3.76. The molecule has 1 fully saturated rings. The molecule has 1 aliphatic rings. The average Bonchev–Trinajstić information content (AvgIpc) is 2.62. The number of sulfonamides is 1. The topological polar surface area (TPSA) is 103 Å². The Hall–Kier alpha value is -2.42. The van der Waals surface area contributed by atoms with Gasteiger partial charge in [-0.05, 0) is 43.2 Å². The number of ether oxygens (including phenoxy) is 2. The van der Waals surface area contributed by atoms with Crippen molar-refractivity contribution in [3.63, 3.8) is 0 Å². The standard InChI is InChI=1S/C19H26N4O4S/c1-19(2)10-8-13(9-11-19)27-17-7-5-6-14(20-17)15-12-16(23-28(4,24)25)18(26-3)22-21-15/h5-7,12-13H,8-11H2,1-4H3,(H,21,23). The van der Waals surface area contributed by atoms with Crippen LogP contribution in [0.15, 0.2) is 24.3 Å². The van der Waals surface area contributed by atoms with E-state index in [0.717, 1.165) is 31.9 Å². The van der Waals surface area contributed by atoms with E-state index in [1.807, 2.05) is 12.1 Å². The Kier molecular flexibility index (Phi) is 5.74. The zero-order valence-corrected chi connectivity index (χ0v) is 17.4. The van der Waals surface area contributed by atoms with Gasteiger partial charge in [-0.15, -0.1) is 10.2 Å². The summed E-state index contributed by atoms with van der Waals surface area (Å²) >= 11 is 0. The molecule has 0 unspecified atom stereocenters. The molecule has 2 heterocycles. The second kappa shape index (κ2) is 7.90. The van der Waals surface area contributed by atoms with Crippen LogP contribution in [-0.2, 0) is 10.0 Å². The third-order valence-corrected chi connectivity index (χ3v) is 5.40. The van der Waals surface area contributed by atoms with Gasteiger partial charge in [0, 0.05) is 6.07 Å². The molecule has 0 bridgehead atoms. The van der Waals surface area contributed by atoms with Gasteiger partial charge in [-0.3, -0.25) is 4.72 Å². The van der Waals surface area contributed by atoms with Gasteiger partial charge in [0.15, 0.2) is 0 Å². The molecule has 152 valence electrons. The summed E-state index contributed by atoms with van der Waals surface area (Å²) in [6.45, 7) is 4.57. The maximum Gasteiger partial charge on any atom is 0.257 e. The van der Waals surface area contributed by atoms with Crippen LogP contribution in [0.5, 0.6) is 11.8 Å². The van der Waals surface area contributed by atoms with Crippen molar-refractivity contribution >= 4 is 15.7 Å². The van der Waals surface area contributed by atoms with Crippen molar-refractivity contribution < 1.29 is 17.9 Å². The summed E-state index contributed by atoms with van der Waals surface area (Å²) in [7, 11) is -2.09. The van der Waals surface area contributed by atoms with Gasteiger partial charge >= 0.3 is 0 Å². The maximum absolute atomic E-state index is 11.6. The molecule has 0 saturated heterocycles. The van der Waals surface area contributed by atoms with Gasteiger partial charge in [0.25, 0.3) is 5.88 Å². The molecule has 2 aromatic rings. The van der Waals surface area contributed by atoms with Crippen LogP contribution in [-0.4, -0.2) is 43.1 Å². The number of nitrogens with one attached hydrogen (secondary N) is 1. The number of hydrogen-bond acceptors (Lipinski definition) is 7. The van der Waals surface area contributed by atoms with Crippen LogP contribution in [0.25, 0.3) is 11.4 Å². The second-order valence-corrected chi connectivity index (χ2v) is 9.62. The van der Waals surface area contributed by atoms with E-state index in [-0.39, 0.29) is 17.7 Å². The van der Waals surface area contributed by atoms with Gasteiger partial charge in [-0.25, -0.2) is 13.4 Å². The largest absolute Gasteiger partial charge is 0.478 e. The first-order valence-corrected chi connectivity index (χ1v) is 11.1. The van der Waals surface area contributed by atoms with Crippen molar-refractivity contribution in [2.24, 2.45) is 5.41 Å². The average molecular weight is 407 g/mol. The van der Waals surface area contributed by atoms with Crippen LogP contribution >= 0.6 is 0 Å². The van der Waals surface area contributed by atoms with E-state index >= 15 is 0 Å². The zero-order valence-electron chi connectivity index (χ0n) is 16.6. The summed E-state index contributed by atoms with van der Waals surface area (Å²) in [4.78, 5) is 4.52. The monoisotopic (exact) mass is 406 g/mol. The number of hydrogen-bond donors (Lipinski definition) is 1. The van der Waals surface area contributed by atoms with Gasteiger partial charge in [0.1, 0.15) is 17.5 Å². The zero-order chi connectivity index (χ0) is 20.4. The summed E-state index contributed by atoms with van der Waals surface area (Å²) in [5.41, 5.74) is 1.54. The van der Waals surface area contributed by atoms with Gasteiger partial charge < -0.3 is 9.47 Å². The first kappa shape index (κ1) is 20.3. The molecule has 1 saturated carbocycles. The van der Waals surface area contributed by atoms with Crippen molar-refractivity contribution in [3.05, 3.63) is 24.3 Å². The van der Waals surface area contributed by atoms with Crippen LogP contribution in [0.4, 0.5) is 5.69 Å². The van der Waals surface area contributed by atoms with E-state index in [2.05, 4.69) is 33.8 Å². The molecular formula is C19H26N4O4S. The van der Waals surface area contributed by atoms with Crippen LogP contribution in [0.2, 0.25) is 0 Å². The third kappa shape index (κ3) is 5.31. The van der Waals surface area contributed by atoms with E-state index in [4.69, 9.17) is 9.47 Å². The molecule has 28 heavy (non-hydrogen) atoms. The van der Waals surface area contributed by atoms with E-state index in [9.17, 15) is 8.42 Å². The molecule has 3 rings (SSSR count). The number of pyridine rings is 1. The normalized spacial score (nSPS) is 17.1. The fraction of sp³-hybridized carbons (Fsp3) is 0.526. The molecule has 8 nitrogen and oxygen atoms in total. The summed E-state index contributed by atoms with van der Waals surface area (Å²) in [5, 5.41) is 8.03. The predicted octanol–water partition coefficient (Wildman–Crippen LogP) is 3.27. The van der Waals surface area contributed by atoms with Gasteiger partial charge in [0.2, 0.25) is 15.9 Å². The smallest absolute Gasteiger partial charge is 0.257 e. The minimum Gasteiger partial charge on any atom is -0.478 e. The van der Waals surface area contributed by atoms with Crippen LogP contribution in [0, 0.1) is 5.41 Å². The number of methoxy groups -OCH3 is 1. The summed E-state index contributed by atoms with van der Waals surface area (Å²) in [6.07, 6.45) is 5.47. The molecule has 1 N–H and O–H groups in total. The second-order valence-electron chi connectivity index (χ2n) is 7.87. The summed E-state index contributed by atoms with van der Waals surface area (Å²) in [5.74, 6) is 0.615. The van der Waals surface area contributed by atoms with E-state index in [1.165, 1.54) is 7.11 Å². The number of aromatic nitrogens is 3. The molecule has 2 aromatic heterocycles. The predicted molar refractivity (Wildman–Crippen MR) is 107 cm³/mol. The lowest BCUT2D eigenvalue weighted by Crippen LogP contribution is -2.28. The molecule has 0 radical (unpaired) electrons. The number of anilines is 1. The highest BCUT2D eigenvalue weighted by Gasteiger charge is 2.28. The van der Waals surface area contributed by atoms with Crippen molar-refractivity contribution in [3.8, 4) is 23.1 Å². The van der Waals surface area contributed by atoms with Crippen molar-refractivity contribution in [2.45, 2.75) is 45.6 Å². The summed E-state index contributed by atoms with van der Waals surface area (Å²) in [6, 6.07) is 6.97. The number of nitrogens with zero attached hydrogens (tertiary/aromatic N) is 3. The van der Waals surface area contributed by atoms with Crippen molar-refractivity contribution in [1.29, 1.82) is 0 Å². The molecule has 0 aromatic carbocycles. The Bertz CT molecular complexity index is 937. The van der Waals surface area contributed by atoms with Gasteiger partial charge in [-0.2, -0.15) is 0 Å². The van der Waals surface area contributed by atoms with Crippen molar-refractivity contribution in [1.82, 2.24) is 15.2 Å². The highest BCUT2D eigenvalue weighted by molar-refractivity contribution is 7.92. The number of rotatable bonds is 6. The lowest BCUT2D eigenvalue weighted by atomic mass is 9.76. The molecule has 1 aliphatic carbocycles. The lowest BCUT2D eigenvalue weighted by Gasteiger charge is -2.34. The molecule has 9 heteroatoms. The van der Waals surface area contributed by atoms with Gasteiger partial charge in [-0.1, -0.05) is 19.9 Å². The summed E-state index contributed by atoms with van der Waals surface area (Å²) < 4.78 is 36.7. The van der Waals surface area contributed by atoms with E-state index in [0.29, 0.717) is 22.7 Å². The fourth-order valence-electron chi connectivity index (χ4n) is 3.21. The minimum absolute atomic E-state index is 0.0893. The third-order valence-electron chi connectivity index (χ3n) is 4.81. The first-order chi connectivity index (χ1) is 13.1. The lowest BCUT2D eigenvalue weighted by molar-refractivity contribution is 0.0950. The van der Waals surface area contributed by atoms with Crippen LogP contribution in [0.1, 0.15) is 39.5 Å².